The van der Waals surface area contributed by atoms with E-state index in [1.54, 1.807) is 0 Å². The number of aryl methyl sites for hydroxylation is 1. The molecular weight excluding hydrogens is 220 g/mol. The van der Waals surface area contributed by atoms with Gasteiger partial charge in [0.25, 0.3) is 0 Å². The van der Waals surface area contributed by atoms with Gasteiger partial charge in [0.15, 0.2) is 0 Å². The molecule has 0 saturated heterocycles. The van der Waals surface area contributed by atoms with E-state index >= 15 is 0 Å². The fraction of sp³-hybridized carbons (Fsp3) is 0.688. The molecule has 100 valence electrons. The van der Waals surface area contributed by atoms with Gasteiger partial charge in [0.05, 0.1) is 0 Å². The fourth-order valence-electron chi connectivity index (χ4n) is 3.10. The van der Waals surface area contributed by atoms with Crippen LogP contribution < -0.4 is 5.73 Å². The second-order valence-electron chi connectivity index (χ2n) is 6.09. The first-order chi connectivity index (χ1) is 8.66. The Labute approximate surface area is 111 Å². The highest BCUT2D eigenvalue weighted by Crippen LogP contribution is 2.35. The first-order valence-electron chi connectivity index (χ1n) is 7.31. The van der Waals surface area contributed by atoms with Crippen LogP contribution in [0.15, 0.2) is 24.5 Å². The fourth-order valence-corrected chi connectivity index (χ4v) is 3.10. The van der Waals surface area contributed by atoms with Gasteiger partial charge in [-0.25, -0.2) is 0 Å². The standard InChI is InChI=1S/C16H26N2/c1-12-3-5-15(11-13(12)2)16(17)6-4-14-7-9-18-10-8-14/h7-10,12-13,15-16H,3-6,11,17H2,1-2H3. The van der Waals surface area contributed by atoms with Crippen molar-refractivity contribution in [3.05, 3.63) is 30.1 Å². The summed E-state index contributed by atoms with van der Waals surface area (Å²) >= 11 is 0. The summed E-state index contributed by atoms with van der Waals surface area (Å²) in [6.07, 6.45) is 9.92. The van der Waals surface area contributed by atoms with Crippen LogP contribution in [0.2, 0.25) is 0 Å². The number of nitrogens with zero attached hydrogens (tertiary/aromatic N) is 1. The minimum absolute atomic E-state index is 0.369. The second-order valence-corrected chi connectivity index (χ2v) is 6.09. The molecule has 4 atom stereocenters. The van der Waals surface area contributed by atoms with Crippen LogP contribution in [-0.4, -0.2) is 11.0 Å². The highest BCUT2D eigenvalue weighted by molar-refractivity contribution is 5.09. The summed E-state index contributed by atoms with van der Waals surface area (Å²) in [6, 6.07) is 4.56. The largest absolute Gasteiger partial charge is 0.327 e. The molecule has 0 aromatic carbocycles. The van der Waals surface area contributed by atoms with Crippen LogP contribution in [0, 0.1) is 17.8 Å². The number of aromatic nitrogens is 1. The molecule has 2 nitrogen and oxygen atoms in total. The maximum atomic E-state index is 6.39. The molecule has 4 unspecified atom stereocenters. The van der Waals surface area contributed by atoms with E-state index in [1.165, 1.54) is 24.8 Å². The maximum Gasteiger partial charge on any atom is 0.0270 e. The summed E-state index contributed by atoms with van der Waals surface area (Å²) in [5.74, 6) is 2.46. The van der Waals surface area contributed by atoms with E-state index in [4.69, 9.17) is 5.73 Å². The molecule has 1 aromatic heterocycles. The van der Waals surface area contributed by atoms with Crippen molar-refractivity contribution in [2.24, 2.45) is 23.5 Å². The molecule has 2 N–H and O–H groups in total. The van der Waals surface area contributed by atoms with Gasteiger partial charge in [-0.05, 0) is 61.1 Å². The SMILES string of the molecule is CC1CCC(C(N)CCc2ccncc2)CC1C. The van der Waals surface area contributed by atoms with Gasteiger partial charge in [0.2, 0.25) is 0 Å². The smallest absolute Gasteiger partial charge is 0.0270 e. The molecule has 2 rings (SSSR count). The van der Waals surface area contributed by atoms with Crippen molar-refractivity contribution in [2.45, 2.75) is 52.0 Å². The van der Waals surface area contributed by atoms with Gasteiger partial charge in [0.1, 0.15) is 0 Å². The highest BCUT2D eigenvalue weighted by atomic mass is 14.7. The molecule has 0 aliphatic heterocycles. The van der Waals surface area contributed by atoms with Gasteiger partial charge in [-0.2, -0.15) is 0 Å². The van der Waals surface area contributed by atoms with E-state index in [0.717, 1.165) is 30.6 Å². The van der Waals surface area contributed by atoms with Crippen LogP contribution in [0.3, 0.4) is 0 Å². The summed E-state index contributed by atoms with van der Waals surface area (Å²) in [5, 5.41) is 0. The Morgan fingerprint density at radius 3 is 2.61 bits per heavy atom. The lowest BCUT2D eigenvalue weighted by molar-refractivity contribution is 0.182. The van der Waals surface area contributed by atoms with Gasteiger partial charge in [-0.15, -0.1) is 0 Å². The Kier molecular flexibility index (Phi) is 4.76. The van der Waals surface area contributed by atoms with Crippen LogP contribution >= 0.6 is 0 Å². The van der Waals surface area contributed by atoms with E-state index in [-0.39, 0.29) is 0 Å². The molecule has 1 aliphatic carbocycles. The van der Waals surface area contributed by atoms with E-state index in [0.29, 0.717) is 6.04 Å². The van der Waals surface area contributed by atoms with Crippen LogP contribution in [0.25, 0.3) is 0 Å². The Bertz CT molecular complexity index is 349. The van der Waals surface area contributed by atoms with E-state index in [2.05, 4.69) is 31.0 Å². The molecule has 0 bridgehead atoms. The van der Waals surface area contributed by atoms with Crippen molar-refractivity contribution in [3.8, 4) is 0 Å². The van der Waals surface area contributed by atoms with Crippen LogP contribution in [0.5, 0.6) is 0 Å². The third-order valence-corrected chi connectivity index (χ3v) is 4.76. The van der Waals surface area contributed by atoms with Crippen LogP contribution in [0.1, 0.15) is 45.1 Å². The van der Waals surface area contributed by atoms with Crippen molar-refractivity contribution in [1.29, 1.82) is 0 Å². The summed E-state index contributed by atoms with van der Waals surface area (Å²) in [5.41, 5.74) is 7.75. The highest BCUT2D eigenvalue weighted by Gasteiger charge is 2.28. The van der Waals surface area contributed by atoms with Crippen molar-refractivity contribution >= 4 is 0 Å². The zero-order valence-corrected chi connectivity index (χ0v) is 11.7. The zero-order chi connectivity index (χ0) is 13.0. The first-order valence-corrected chi connectivity index (χ1v) is 7.31. The molecule has 1 aromatic rings. The molecule has 18 heavy (non-hydrogen) atoms. The number of pyridine rings is 1. The summed E-state index contributed by atoms with van der Waals surface area (Å²) in [4.78, 5) is 4.05. The molecule has 0 spiro atoms. The molecule has 1 saturated carbocycles. The Hall–Kier alpha value is -0.890. The van der Waals surface area contributed by atoms with Crippen molar-refractivity contribution in [3.63, 3.8) is 0 Å². The quantitative estimate of drug-likeness (QED) is 0.884. The summed E-state index contributed by atoms with van der Waals surface area (Å²) in [6.45, 7) is 4.76. The van der Waals surface area contributed by atoms with Crippen LogP contribution in [-0.2, 0) is 6.42 Å². The van der Waals surface area contributed by atoms with Crippen molar-refractivity contribution < 1.29 is 0 Å². The van der Waals surface area contributed by atoms with Crippen LogP contribution in [0.4, 0.5) is 0 Å². The van der Waals surface area contributed by atoms with E-state index in [1.807, 2.05) is 12.4 Å². The van der Waals surface area contributed by atoms with Gasteiger partial charge >= 0.3 is 0 Å². The second kappa shape index (κ2) is 6.33. The predicted octanol–water partition coefficient (Wildman–Crippen LogP) is 3.41. The Balaban J connectivity index is 1.80. The van der Waals surface area contributed by atoms with Gasteiger partial charge in [-0.1, -0.05) is 20.3 Å². The molecular formula is C16H26N2. The lowest BCUT2D eigenvalue weighted by Gasteiger charge is -2.35. The molecule has 1 heterocycles. The van der Waals surface area contributed by atoms with Crippen molar-refractivity contribution in [1.82, 2.24) is 4.98 Å². The predicted molar refractivity (Wildman–Crippen MR) is 76.2 cm³/mol. The molecule has 0 radical (unpaired) electrons. The minimum Gasteiger partial charge on any atom is -0.327 e. The molecule has 0 amide bonds. The Morgan fingerprint density at radius 2 is 1.94 bits per heavy atom. The Morgan fingerprint density at radius 1 is 1.22 bits per heavy atom. The number of hydrogen-bond donors (Lipinski definition) is 1. The average molecular weight is 246 g/mol. The number of nitrogens with two attached hydrogens (primary N) is 1. The van der Waals surface area contributed by atoms with Gasteiger partial charge < -0.3 is 5.73 Å². The summed E-state index contributed by atoms with van der Waals surface area (Å²) < 4.78 is 0. The number of rotatable bonds is 4. The summed E-state index contributed by atoms with van der Waals surface area (Å²) in [7, 11) is 0. The van der Waals surface area contributed by atoms with E-state index < -0.39 is 0 Å². The molecule has 1 aliphatic rings. The number of hydrogen-bond acceptors (Lipinski definition) is 2. The van der Waals surface area contributed by atoms with Gasteiger partial charge in [-0.3, -0.25) is 4.98 Å². The first kappa shape index (κ1) is 13.5. The van der Waals surface area contributed by atoms with E-state index in [9.17, 15) is 0 Å². The monoisotopic (exact) mass is 246 g/mol. The van der Waals surface area contributed by atoms with Crippen molar-refractivity contribution in [2.75, 3.05) is 0 Å². The third-order valence-electron chi connectivity index (χ3n) is 4.76. The maximum absolute atomic E-state index is 6.39. The lowest BCUT2D eigenvalue weighted by Crippen LogP contribution is -2.35. The lowest BCUT2D eigenvalue weighted by atomic mass is 9.72. The third kappa shape index (κ3) is 3.55. The van der Waals surface area contributed by atoms with Gasteiger partial charge in [0, 0.05) is 18.4 Å². The molecule has 2 heteroatoms. The topological polar surface area (TPSA) is 38.9 Å². The minimum atomic E-state index is 0.369. The average Bonchev–Trinajstić information content (AvgIpc) is 2.40. The normalized spacial score (nSPS) is 30.1. The zero-order valence-electron chi connectivity index (χ0n) is 11.7. The molecule has 1 fully saturated rings.